The standard InChI is InChI=1S/C13H19N3O4S/c1-9-6-14-11(21-9)7-15-13(19)16-4-2-10(3-5-16)20-8-12(17)18/h6,10H,2-5,7-8H2,1H3,(H,15,19)(H,17,18). The minimum atomic E-state index is -0.964. The van der Waals surface area contributed by atoms with E-state index < -0.39 is 5.97 Å². The van der Waals surface area contributed by atoms with Crippen molar-refractivity contribution in [1.82, 2.24) is 15.2 Å². The summed E-state index contributed by atoms with van der Waals surface area (Å²) >= 11 is 1.57. The molecular weight excluding hydrogens is 294 g/mol. The van der Waals surface area contributed by atoms with E-state index in [-0.39, 0.29) is 18.7 Å². The van der Waals surface area contributed by atoms with Crippen molar-refractivity contribution in [3.05, 3.63) is 16.1 Å². The summed E-state index contributed by atoms with van der Waals surface area (Å²) in [6.07, 6.45) is 3.04. The van der Waals surface area contributed by atoms with Crippen LogP contribution in [0.25, 0.3) is 0 Å². The van der Waals surface area contributed by atoms with Gasteiger partial charge in [-0.25, -0.2) is 14.6 Å². The molecule has 2 heterocycles. The van der Waals surface area contributed by atoms with Gasteiger partial charge in [0.05, 0.1) is 12.6 Å². The van der Waals surface area contributed by atoms with Crippen LogP contribution >= 0.6 is 11.3 Å². The predicted molar refractivity (Wildman–Crippen MR) is 77.3 cm³/mol. The van der Waals surface area contributed by atoms with E-state index in [1.165, 1.54) is 0 Å². The topological polar surface area (TPSA) is 91.8 Å². The number of piperidine rings is 1. The SMILES string of the molecule is Cc1cnc(CNC(=O)N2CCC(OCC(=O)O)CC2)s1. The van der Waals surface area contributed by atoms with Gasteiger partial charge in [0.1, 0.15) is 11.6 Å². The molecule has 0 aromatic carbocycles. The number of likely N-dealkylation sites (tertiary alicyclic amines) is 1. The van der Waals surface area contributed by atoms with Crippen molar-refractivity contribution in [3.63, 3.8) is 0 Å². The fourth-order valence-electron chi connectivity index (χ4n) is 2.16. The van der Waals surface area contributed by atoms with Crippen LogP contribution in [0, 0.1) is 6.92 Å². The van der Waals surface area contributed by atoms with E-state index >= 15 is 0 Å². The van der Waals surface area contributed by atoms with Crippen molar-refractivity contribution in [2.45, 2.75) is 32.4 Å². The molecule has 1 aromatic rings. The average molecular weight is 313 g/mol. The Balaban J connectivity index is 1.69. The van der Waals surface area contributed by atoms with Gasteiger partial charge in [-0.2, -0.15) is 0 Å². The predicted octanol–water partition coefficient (Wildman–Crippen LogP) is 1.23. The fraction of sp³-hybridized carbons (Fsp3) is 0.615. The number of nitrogens with one attached hydrogen (secondary N) is 1. The Morgan fingerprint density at radius 3 is 2.81 bits per heavy atom. The summed E-state index contributed by atoms with van der Waals surface area (Å²) in [6, 6.07) is -0.112. The largest absolute Gasteiger partial charge is 0.480 e. The first-order valence-corrected chi connectivity index (χ1v) is 7.63. The molecule has 1 aromatic heterocycles. The van der Waals surface area contributed by atoms with Crippen LogP contribution in [-0.4, -0.2) is 52.8 Å². The average Bonchev–Trinajstić information content (AvgIpc) is 2.89. The summed E-state index contributed by atoms with van der Waals surface area (Å²) in [5.74, 6) is -0.964. The first-order valence-electron chi connectivity index (χ1n) is 6.82. The van der Waals surface area contributed by atoms with Crippen LogP contribution in [0.15, 0.2) is 6.20 Å². The normalized spacial score (nSPS) is 16.0. The van der Waals surface area contributed by atoms with Gasteiger partial charge in [-0.05, 0) is 19.8 Å². The van der Waals surface area contributed by atoms with Gasteiger partial charge in [-0.1, -0.05) is 0 Å². The third kappa shape index (κ3) is 4.98. The number of hydrogen-bond donors (Lipinski definition) is 2. The number of carboxylic acids is 1. The molecule has 0 atom stereocenters. The third-order valence-corrected chi connectivity index (χ3v) is 4.14. The quantitative estimate of drug-likeness (QED) is 0.853. The maximum atomic E-state index is 12.0. The molecule has 0 saturated carbocycles. The number of nitrogens with zero attached hydrogens (tertiary/aromatic N) is 2. The van der Waals surface area contributed by atoms with Crippen molar-refractivity contribution in [3.8, 4) is 0 Å². The second-order valence-electron chi connectivity index (χ2n) is 4.91. The zero-order valence-electron chi connectivity index (χ0n) is 11.9. The number of amides is 2. The van der Waals surface area contributed by atoms with Gasteiger partial charge in [0, 0.05) is 24.2 Å². The summed E-state index contributed by atoms with van der Waals surface area (Å²) in [4.78, 5) is 29.5. The summed E-state index contributed by atoms with van der Waals surface area (Å²) in [5.41, 5.74) is 0. The van der Waals surface area contributed by atoms with Crippen LogP contribution in [0.3, 0.4) is 0 Å². The van der Waals surface area contributed by atoms with Crippen molar-refractivity contribution in [2.75, 3.05) is 19.7 Å². The molecule has 116 valence electrons. The monoisotopic (exact) mass is 313 g/mol. The molecule has 0 radical (unpaired) electrons. The zero-order valence-corrected chi connectivity index (χ0v) is 12.7. The minimum Gasteiger partial charge on any atom is -0.480 e. The van der Waals surface area contributed by atoms with Crippen molar-refractivity contribution < 1.29 is 19.4 Å². The van der Waals surface area contributed by atoms with E-state index in [0.717, 1.165) is 9.88 Å². The molecule has 1 fully saturated rings. The molecule has 0 unspecified atom stereocenters. The van der Waals surface area contributed by atoms with Crippen molar-refractivity contribution in [1.29, 1.82) is 0 Å². The molecule has 2 N–H and O–H groups in total. The molecule has 1 aliphatic rings. The van der Waals surface area contributed by atoms with Crippen LogP contribution in [-0.2, 0) is 16.1 Å². The molecule has 1 saturated heterocycles. The van der Waals surface area contributed by atoms with Gasteiger partial charge >= 0.3 is 12.0 Å². The molecule has 2 rings (SSSR count). The second-order valence-corrected chi connectivity index (χ2v) is 6.23. The summed E-state index contributed by atoms with van der Waals surface area (Å²) in [6.45, 7) is 3.29. The Kier molecular flexibility index (Phi) is 5.51. The molecule has 21 heavy (non-hydrogen) atoms. The lowest BCUT2D eigenvalue weighted by atomic mass is 10.1. The van der Waals surface area contributed by atoms with Crippen molar-refractivity contribution >= 4 is 23.3 Å². The lowest BCUT2D eigenvalue weighted by molar-refractivity contribution is -0.145. The molecular formula is C13H19N3O4S. The van der Waals surface area contributed by atoms with E-state index in [4.69, 9.17) is 9.84 Å². The number of thiazole rings is 1. The highest BCUT2D eigenvalue weighted by Crippen LogP contribution is 2.14. The number of urea groups is 1. The molecule has 8 heteroatoms. The van der Waals surface area contributed by atoms with Crippen LogP contribution in [0.2, 0.25) is 0 Å². The molecule has 1 aliphatic heterocycles. The Bertz CT molecular complexity index is 497. The lowest BCUT2D eigenvalue weighted by Gasteiger charge is -2.31. The number of hydrogen-bond acceptors (Lipinski definition) is 5. The van der Waals surface area contributed by atoms with Crippen molar-refractivity contribution in [2.24, 2.45) is 0 Å². The maximum absolute atomic E-state index is 12.0. The number of carboxylic acid groups (broad SMARTS) is 1. The van der Waals surface area contributed by atoms with Gasteiger partial charge in [-0.15, -0.1) is 11.3 Å². The van der Waals surface area contributed by atoms with Gasteiger partial charge in [-0.3, -0.25) is 0 Å². The second kappa shape index (κ2) is 7.37. The van der Waals surface area contributed by atoms with Gasteiger partial charge in [0.25, 0.3) is 0 Å². The number of aliphatic carboxylic acids is 1. The van der Waals surface area contributed by atoms with Gasteiger partial charge in [0.15, 0.2) is 0 Å². The van der Waals surface area contributed by atoms with E-state index in [0.29, 0.717) is 32.5 Å². The smallest absolute Gasteiger partial charge is 0.329 e. The molecule has 0 aliphatic carbocycles. The Hall–Kier alpha value is -1.67. The summed E-state index contributed by atoms with van der Waals surface area (Å²) in [5, 5.41) is 12.3. The number of carbonyl (C=O) groups is 2. The number of aromatic nitrogens is 1. The highest BCUT2D eigenvalue weighted by atomic mass is 32.1. The lowest BCUT2D eigenvalue weighted by Crippen LogP contribution is -2.45. The molecule has 0 bridgehead atoms. The van der Waals surface area contributed by atoms with E-state index in [1.807, 2.05) is 6.92 Å². The zero-order chi connectivity index (χ0) is 15.2. The number of aryl methyl sites for hydroxylation is 1. The van der Waals surface area contributed by atoms with Gasteiger partial charge in [0.2, 0.25) is 0 Å². The first kappa shape index (κ1) is 15.7. The van der Waals surface area contributed by atoms with Crippen LogP contribution in [0.1, 0.15) is 22.7 Å². The summed E-state index contributed by atoms with van der Waals surface area (Å²) < 4.78 is 5.24. The molecule has 2 amide bonds. The number of ether oxygens (including phenoxy) is 1. The number of carbonyl (C=O) groups excluding carboxylic acids is 1. The fourth-order valence-corrected chi connectivity index (χ4v) is 2.89. The van der Waals surface area contributed by atoms with Crippen LogP contribution in [0.4, 0.5) is 4.79 Å². The Labute approximate surface area is 126 Å². The highest BCUT2D eigenvalue weighted by molar-refractivity contribution is 7.11. The highest BCUT2D eigenvalue weighted by Gasteiger charge is 2.23. The van der Waals surface area contributed by atoms with Crippen LogP contribution in [0.5, 0.6) is 0 Å². The van der Waals surface area contributed by atoms with Gasteiger partial charge < -0.3 is 20.1 Å². The van der Waals surface area contributed by atoms with Crippen LogP contribution < -0.4 is 5.32 Å². The first-order chi connectivity index (χ1) is 10.0. The van der Waals surface area contributed by atoms with E-state index in [1.54, 1.807) is 22.4 Å². The number of rotatable bonds is 5. The van der Waals surface area contributed by atoms with E-state index in [9.17, 15) is 9.59 Å². The Morgan fingerprint density at radius 2 is 2.24 bits per heavy atom. The maximum Gasteiger partial charge on any atom is 0.329 e. The molecule has 7 nitrogen and oxygen atoms in total. The minimum absolute atomic E-state index is 0.0771. The summed E-state index contributed by atoms with van der Waals surface area (Å²) in [7, 11) is 0. The Morgan fingerprint density at radius 1 is 1.52 bits per heavy atom. The van der Waals surface area contributed by atoms with E-state index in [2.05, 4.69) is 10.3 Å². The molecule has 0 spiro atoms. The third-order valence-electron chi connectivity index (χ3n) is 3.23.